The van der Waals surface area contributed by atoms with Crippen LogP contribution in [0.3, 0.4) is 0 Å². The van der Waals surface area contributed by atoms with Crippen molar-refractivity contribution in [1.82, 2.24) is 15.1 Å². The molecule has 4 nitrogen and oxygen atoms in total. The molecule has 1 atom stereocenters. The van der Waals surface area contributed by atoms with Gasteiger partial charge in [-0.15, -0.1) is 11.3 Å². The van der Waals surface area contributed by atoms with E-state index in [1.807, 2.05) is 18.8 Å². The summed E-state index contributed by atoms with van der Waals surface area (Å²) in [6.07, 6.45) is 1.74. The summed E-state index contributed by atoms with van der Waals surface area (Å²) in [5.74, 6) is 0.800. The Bertz CT molecular complexity index is 509. The van der Waals surface area contributed by atoms with E-state index in [9.17, 15) is 0 Å². The van der Waals surface area contributed by atoms with Crippen LogP contribution in [-0.2, 0) is 7.05 Å². The van der Waals surface area contributed by atoms with E-state index in [0.717, 1.165) is 15.2 Å². The zero-order valence-electron chi connectivity index (χ0n) is 9.90. The van der Waals surface area contributed by atoms with Gasteiger partial charge in [-0.1, -0.05) is 0 Å². The van der Waals surface area contributed by atoms with Gasteiger partial charge in [-0.05, 0) is 40.0 Å². The van der Waals surface area contributed by atoms with Crippen molar-refractivity contribution in [3.8, 4) is 5.75 Å². The quantitative estimate of drug-likeness (QED) is 0.942. The van der Waals surface area contributed by atoms with E-state index in [2.05, 4.69) is 37.8 Å². The Balaban J connectivity index is 2.44. The fraction of sp³-hybridized carbons (Fsp3) is 0.364. The monoisotopic (exact) mass is 315 g/mol. The number of aromatic nitrogens is 2. The fourth-order valence-corrected chi connectivity index (χ4v) is 3.05. The van der Waals surface area contributed by atoms with Gasteiger partial charge < -0.3 is 10.1 Å². The van der Waals surface area contributed by atoms with Gasteiger partial charge in [0, 0.05) is 7.05 Å². The first-order valence-electron chi connectivity index (χ1n) is 5.14. The molecule has 6 heteroatoms. The number of hydrogen-bond donors (Lipinski definition) is 1. The van der Waals surface area contributed by atoms with Gasteiger partial charge in [0.2, 0.25) is 0 Å². The molecule has 17 heavy (non-hydrogen) atoms. The predicted molar refractivity (Wildman–Crippen MR) is 72.7 cm³/mol. The Morgan fingerprint density at radius 2 is 2.35 bits per heavy atom. The van der Waals surface area contributed by atoms with Crippen LogP contribution in [-0.4, -0.2) is 23.9 Å². The van der Waals surface area contributed by atoms with Gasteiger partial charge in [0.05, 0.1) is 23.1 Å². The Morgan fingerprint density at radius 3 is 2.88 bits per heavy atom. The first-order chi connectivity index (χ1) is 8.17. The highest BCUT2D eigenvalue weighted by atomic mass is 79.9. The zero-order valence-corrected chi connectivity index (χ0v) is 12.3. The lowest BCUT2D eigenvalue weighted by molar-refractivity contribution is 0.402. The average molecular weight is 316 g/mol. The number of hydrogen-bond acceptors (Lipinski definition) is 4. The van der Waals surface area contributed by atoms with Gasteiger partial charge in [0.25, 0.3) is 0 Å². The van der Waals surface area contributed by atoms with Gasteiger partial charge in [-0.2, -0.15) is 5.10 Å². The van der Waals surface area contributed by atoms with Crippen molar-refractivity contribution in [2.75, 3.05) is 14.2 Å². The van der Waals surface area contributed by atoms with E-state index in [4.69, 9.17) is 4.74 Å². The van der Waals surface area contributed by atoms with Gasteiger partial charge in [0.15, 0.2) is 5.75 Å². The van der Waals surface area contributed by atoms with Gasteiger partial charge in [-0.3, -0.25) is 4.68 Å². The number of thiophene rings is 1. The minimum absolute atomic E-state index is 0.0833. The molecule has 0 saturated carbocycles. The third kappa shape index (κ3) is 2.38. The normalized spacial score (nSPS) is 12.7. The van der Waals surface area contributed by atoms with Crippen LogP contribution in [0, 0.1) is 0 Å². The summed E-state index contributed by atoms with van der Waals surface area (Å²) in [6, 6.07) is 2.19. The minimum Gasteiger partial charge on any atom is -0.493 e. The molecule has 0 amide bonds. The molecule has 1 unspecified atom stereocenters. The van der Waals surface area contributed by atoms with E-state index in [1.54, 1.807) is 24.6 Å². The molecule has 0 fully saturated rings. The molecular formula is C11H14BrN3OS. The first kappa shape index (κ1) is 12.6. The number of ether oxygens (including phenoxy) is 1. The van der Waals surface area contributed by atoms with Crippen molar-refractivity contribution in [3.63, 3.8) is 0 Å². The highest BCUT2D eigenvalue weighted by Crippen LogP contribution is 2.33. The summed E-state index contributed by atoms with van der Waals surface area (Å²) >= 11 is 5.15. The van der Waals surface area contributed by atoms with Crippen LogP contribution in [0.5, 0.6) is 5.75 Å². The predicted octanol–water partition coefficient (Wildman–Crippen LogP) is 2.56. The van der Waals surface area contributed by atoms with Crippen molar-refractivity contribution in [1.29, 1.82) is 0 Å². The molecule has 0 spiro atoms. The van der Waals surface area contributed by atoms with Crippen LogP contribution in [0.1, 0.15) is 17.3 Å². The second-order valence-corrected chi connectivity index (χ2v) is 5.92. The molecule has 2 aromatic heterocycles. The molecule has 0 aliphatic rings. The highest BCUT2D eigenvalue weighted by Gasteiger charge is 2.21. The standard InChI is InChI=1S/C11H14BrN3OS/c1-13-10(7-4-9(12)17-6-7)11-8(16-3)5-14-15(11)2/h4-6,10,13H,1-3H3. The SMILES string of the molecule is CNC(c1csc(Br)c1)c1c(OC)cnn1C. The smallest absolute Gasteiger partial charge is 0.161 e. The molecule has 2 rings (SSSR count). The highest BCUT2D eigenvalue weighted by molar-refractivity contribution is 9.11. The van der Waals surface area contributed by atoms with E-state index >= 15 is 0 Å². The van der Waals surface area contributed by atoms with Gasteiger partial charge >= 0.3 is 0 Å². The maximum Gasteiger partial charge on any atom is 0.161 e. The first-order valence-corrected chi connectivity index (χ1v) is 6.81. The van der Waals surface area contributed by atoms with Crippen molar-refractivity contribution in [2.45, 2.75) is 6.04 Å². The second kappa shape index (κ2) is 5.20. The van der Waals surface area contributed by atoms with Crippen molar-refractivity contribution in [2.24, 2.45) is 7.05 Å². The third-order valence-electron chi connectivity index (χ3n) is 2.65. The number of nitrogens with one attached hydrogen (secondary N) is 1. The minimum atomic E-state index is 0.0833. The molecule has 2 aromatic rings. The number of rotatable bonds is 4. The maximum atomic E-state index is 5.35. The van der Waals surface area contributed by atoms with Crippen LogP contribution in [0.2, 0.25) is 0 Å². The molecule has 0 saturated heterocycles. The summed E-state index contributed by atoms with van der Waals surface area (Å²) in [5, 5.41) is 9.65. The largest absolute Gasteiger partial charge is 0.493 e. The Kier molecular flexibility index (Phi) is 3.86. The Morgan fingerprint density at radius 1 is 1.59 bits per heavy atom. The average Bonchev–Trinajstić information content (AvgIpc) is 2.89. The van der Waals surface area contributed by atoms with Crippen molar-refractivity contribution >= 4 is 27.3 Å². The summed E-state index contributed by atoms with van der Waals surface area (Å²) in [6.45, 7) is 0. The van der Waals surface area contributed by atoms with Crippen LogP contribution < -0.4 is 10.1 Å². The number of halogens is 1. The molecule has 0 aliphatic heterocycles. The van der Waals surface area contributed by atoms with E-state index in [0.29, 0.717) is 0 Å². The zero-order chi connectivity index (χ0) is 12.4. The van der Waals surface area contributed by atoms with Crippen molar-refractivity contribution < 1.29 is 4.74 Å². The summed E-state index contributed by atoms with van der Waals surface area (Å²) in [5.41, 5.74) is 2.23. The number of methoxy groups -OCH3 is 1. The van der Waals surface area contributed by atoms with Crippen molar-refractivity contribution in [3.05, 3.63) is 32.7 Å². The van der Waals surface area contributed by atoms with Gasteiger partial charge in [0.1, 0.15) is 5.69 Å². The Hall–Kier alpha value is -0.850. The molecule has 0 aliphatic carbocycles. The lowest BCUT2D eigenvalue weighted by Crippen LogP contribution is -2.20. The lowest BCUT2D eigenvalue weighted by atomic mass is 10.1. The molecular weight excluding hydrogens is 302 g/mol. The number of aryl methyl sites for hydroxylation is 1. The van der Waals surface area contributed by atoms with Crippen LogP contribution >= 0.6 is 27.3 Å². The molecule has 0 radical (unpaired) electrons. The van der Waals surface area contributed by atoms with Crippen LogP contribution in [0.25, 0.3) is 0 Å². The fourth-order valence-electron chi connectivity index (χ4n) is 1.85. The van der Waals surface area contributed by atoms with E-state index < -0.39 is 0 Å². The third-order valence-corrected chi connectivity index (χ3v) is 4.18. The molecule has 92 valence electrons. The van der Waals surface area contributed by atoms with Gasteiger partial charge in [-0.25, -0.2) is 0 Å². The second-order valence-electron chi connectivity index (χ2n) is 3.63. The number of nitrogens with zero attached hydrogens (tertiary/aromatic N) is 2. The molecule has 0 aromatic carbocycles. The van der Waals surface area contributed by atoms with E-state index in [-0.39, 0.29) is 6.04 Å². The summed E-state index contributed by atoms with van der Waals surface area (Å²) in [4.78, 5) is 0. The molecule has 2 heterocycles. The van der Waals surface area contributed by atoms with E-state index in [1.165, 1.54) is 5.56 Å². The summed E-state index contributed by atoms with van der Waals surface area (Å²) in [7, 11) is 5.52. The van der Waals surface area contributed by atoms with Crippen LogP contribution in [0.4, 0.5) is 0 Å². The maximum absolute atomic E-state index is 5.35. The summed E-state index contributed by atoms with van der Waals surface area (Å²) < 4.78 is 8.30. The lowest BCUT2D eigenvalue weighted by Gasteiger charge is -2.16. The molecule has 1 N–H and O–H groups in total. The Labute approximate surface area is 113 Å². The van der Waals surface area contributed by atoms with Crippen LogP contribution in [0.15, 0.2) is 21.4 Å². The topological polar surface area (TPSA) is 39.1 Å². The molecule has 0 bridgehead atoms.